The Balaban J connectivity index is 1.54. The van der Waals surface area contributed by atoms with E-state index in [0.717, 1.165) is 31.5 Å². The third-order valence-electron chi connectivity index (χ3n) is 5.63. The highest BCUT2D eigenvalue weighted by Crippen LogP contribution is 2.24. The molecule has 0 unspecified atom stereocenters. The van der Waals surface area contributed by atoms with Crippen molar-refractivity contribution in [3.63, 3.8) is 0 Å². The second-order valence-corrected chi connectivity index (χ2v) is 9.92. The van der Waals surface area contributed by atoms with Crippen LogP contribution in [-0.2, 0) is 10.0 Å². The molecule has 0 bridgehead atoms. The van der Waals surface area contributed by atoms with E-state index >= 15 is 0 Å². The van der Waals surface area contributed by atoms with Crippen molar-refractivity contribution < 1.29 is 13.2 Å². The second-order valence-electron chi connectivity index (χ2n) is 7.98. The number of sulfonamides is 1. The summed E-state index contributed by atoms with van der Waals surface area (Å²) in [5.74, 6) is 0.302. The number of benzene rings is 2. The van der Waals surface area contributed by atoms with Gasteiger partial charge >= 0.3 is 0 Å². The third kappa shape index (κ3) is 5.61. The predicted octanol–water partition coefficient (Wildman–Crippen LogP) is 3.36. The van der Waals surface area contributed by atoms with E-state index in [0.29, 0.717) is 31.1 Å². The highest BCUT2D eigenvalue weighted by Gasteiger charge is 2.28. The number of rotatable bonds is 8. The van der Waals surface area contributed by atoms with Crippen molar-refractivity contribution in [2.24, 2.45) is 5.92 Å². The molecule has 1 amide bonds. The Morgan fingerprint density at radius 3 is 2.50 bits per heavy atom. The van der Waals surface area contributed by atoms with Crippen molar-refractivity contribution in [1.82, 2.24) is 9.62 Å². The van der Waals surface area contributed by atoms with Crippen LogP contribution in [0.5, 0.6) is 0 Å². The number of amides is 1. The van der Waals surface area contributed by atoms with Gasteiger partial charge in [0.2, 0.25) is 10.0 Å². The lowest BCUT2D eigenvalue weighted by Crippen LogP contribution is -2.38. The zero-order valence-corrected chi connectivity index (χ0v) is 18.6. The van der Waals surface area contributed by atoms with Gasteiger partial charge in [0.1, 0.15) is 0 Å². The van der Waals surface area contributed by atoms with Crippen LogP contribution in [0.2, 0.25) is 0 Å². The lowest BCUT2D eigenvalue weighted by molar-refractivity contribution is 0.0953. The minimum absolute atomic E-state index is 0.188. The molecule has 6 nitrogen and oxygen atoms in total. The number of carbonyl (C=O) groups excluding carboxylic acids is 1. The maximum Gasteiger partial charge on any atom is 0.251 e. The SMILES string of the molecule is CC1CCN(S(=O)(=O)c2cccc(C(=O)NCCCN(C)c3ccccc3)c2)CC1. The molecule has 1 N–H and O–H groups in total. The molecule has 1 heterocycles. The zero-order valence-electron chi connectivity index (χ0n) is 17.8. The Hall–Kier alpha value is -2.38. The first-order chi connectivity index (χ1) is 14.4. The number of para-hydroxylation sites is 1. The van der Waals surface area contributed by atoms with Gasteiger partial charge in [-0.1, -0.05) is 31.2 Å². The molecule has 2 aromatic carbocycles. The van der Waals surface area contributed by atoms with Crippen molar-refractivity contribution in [3.8, 4) is 0 Å². The minimum atomic E-state index is -3.56. The summed E-state index contributed by atoms with van der Waals surface area (Å²) < 4.78 is 27.4. The Bertz CT molecular complexity index is 939. The van der Waals surface area contributed by atoms with Crippen molar-refractivity contribution >= 4 is 21.6 Å². The van der Waals surface area contributed by atoms with Crippen molar-refractivity contribution in [2.45, 2.75) is 31.1 Å². The molecule has 0 aromatic heterocycles. The van der Waals surface area contributed by atoms with Crippen LogP contribution in [-0.4, -0.2) is 51.9 Å². The molecule has 1 fully saturated rings. The minimum Gasteiger partial charge on any atom is -0.375 e. The molecule has 2 aromatic rings. The highest BCUT2D eigenvalue weighted by molar-refractivity contribution is 7.89. The Morgan fingerprint density at radius 2 is 1.80 bits per heavy atom. The smallest absolute Gasteiger partial charge is 0.251 e. The maximum atomic E-state index is 12.9. The fourth-order valence-electron chi connectivity index (χ4n) is 3.60. The van der Waals surface area contributed by atoms with Crippen molar-refractivity contribution in [1.29, 1.82) is 0 Å². The van der Waals surface area contributed by atoms with Crippen LogP contribution in [0.15, 0.2) is 59.5 Å². The highest BCUT2D eigenvalue weighted by atomic mass is 32.2. The molecular weight excluding hydrogens is 398 g/mol. The van der Waals surface area contributed by atoms with Gasteiger partial charge < -0.3 is 10.2 Å². The van der Waals surface area contributed by atoms with Crippen LogP contribution >= 0.6 is 0 Å². The summed E-state index contributed by atoms with van der Waals surface area (Å²) in [5.41, 5.74) is 1.51. The zero-order chi connectivity index (χ0) is 21.6. The van der Waals surface area contributed by atoms with E-state index < -0.39 is 10.0 Å². The van der Waals surface area contributed by atoms with E-state index in [1.54, 1.807) is 18.2 Å². The lowest BCUT2D eigenvalue weighted by Gasteiger charge is -2.29. The van der Waals surface area contributed by atoms with E-state index in [4.69, 9.17) is 0 Å². The average molecular weight is 430 g/mol. The molecular formula is C23H31N3O3S. The van der Waals surface area contributed by atoms with Gasteiger partial charge in [0.25, 0.3) is 5.91 Å². The van der Waals surface area contributed by atoms with Gasteiger partial charge in [-0.05, 0) is 55.5 Å². The van der Waals surface area contributed by atoms with Gasteiger partial charge in [-0.2, -0.15) is 4.31 Å². The molecule has 7 heteroatoms. The molecule has 0 saturated carbocycles. The quantitative estimate of drug-likeness (QED) is 0.653. The number of anilines is 1. The molecule has 1 aliphatic heterocycles. The van der Waals surface area contributed by atoms with Crippen LogP contribution in [0.25, 0.3) is 0 Å². The first kappa shape index (κ1) is 22.3. The van der Waals surface area contributed by atoms with Gasteiger partial charge in [-0.15, -0.1) is 0 Å². The Kier molecular flexibility index (Phi) is 7.50. The number of hydrogen-bond acceptors (Lipinski definition) is 4. The molecule has 3 rings (SSSR count). The molecule has 30 heavy (non-hydrogen) atoms. The fourth-order valence-corrected chi connectivity index (χ4v) is 5.12. The summed E-state index contributed by atoms with van der Waals surface area (Å²) >= 11 is 0. The molecule has 162 valence electrons. The van der Waals surface area contributed by atoms with Gasteiger partial charge in [0, 0.05) is 44.5 Å². The van der Waals surface area contributed by atoms with Gasteiger partial charge in [-0.3, -0.25) is 4.79 Å². The van der Waals surface area contributed by atoms with E-state index in [9.17, 15) is 13.2 Å². The average Bonchev–Trinajstić information content (AvgIpc) is 2.77. The topological polar surface area (TPSA) is 69.7 Å². The largest absolute Gasteiger partial charge is 0.375 e. The van der Waals surface area contributed by atoms with Crippen LogP contribution in [0.3, 0.4) is 0 Å². The van der Waals surface area contributed by atoms with E-state index in [-0.39, 0.29) is 10.8 Å². The standard InChI is InChI=1S/C23H31N3O3S/c1-19-12-16-26(17-13-19)30(28,29)22-11-6-8-20(18-22)23(27)24-14-7-15-25(2)21-9-4-3-5-10-21/h3-6,8-11,18-19H,7,12-17H2,1-2H3,(H,24,27). The van der Waals surface area contributed by atoms with E-state index in [1.165, 1.54) is 10.4 Å². The summed E-state index contributed by atoms with van der Waals surface area (Å²) in [6, 6.07) is 16.4. The molecule has 1 aliphatic rings. The van der Waals surface area contributed by atoms with Crippen LogP contribution < -0.4 is 10.2 Å². The predicted molar refractivity (Wildman–Crippen MR) is 120 cm³/mol. The van der Waals surface area contributed by atoms with Crippen LogP contribution in [0, 0.1) is 5.92 Å². The maximum absolute atomic E-state index is 12.9. The normalized spacial score (nSPS) is 15.7. The fraction of sp³-hybridized carbons (Fsp3) is 0.435. The van der Waals surface area contributed by atoms with Gasteiger partial charge in [-0.25, -0.2) is 8.42 Å². The third-order valence-corrected chi connectivity index (χ3v) is 7.52. The summed E-state index contributed by atoms with van der Waals surface area (Å²) in [4.78, 5) is 14.9. The number of piperidine rings is 1. The second kappa shape index (κ2) is 10.1. The molecule has 0 spiro atoms. The number of carbonyl (C=O) groups is 1. The first-order valence-corrected chi connectivity index (χ1v) is 12.0. The number of nitrogens with one attached hydrogen (secondary N) is 1. The van der Waals surface area contributed by atoms with Gasteiger partial charge in [0.05, 0.1) is 4.90 Å². The van der Waals surface area contributed by atoms with Crippen LogP contribution in [0.1, 0.15) is 36.5 Å². The lowest BCUT2D eigenvalue weighted by atomic mass is 10.0. The summed E-state index contributed by atoms with van der Waals surface area (Å²) in [6.07, 6.45) is 2.54. The Labute approximate surface area is 179 Å². The first-order valence-electron chi connectivity index (χ1n) is 10.5. The van der Waals surface area contributed by atoms with Crippen molar-refractivity contribution in [2.75, 3.05) is 38.1 Å². The monoisotopic (exact) mass is 429 g/mol. The van der Waals surface area contributed by atoms with E-state index in [2.05, 4.69) is 17.1 Å². The summed E-state index contributed by atoms with van der Waals surface area (Å²) in [7, 11) is -1.54. The molecule has 0 aliphatic carbocycles. The summed E-state index contributed by atoms with van der Waals surface area (Å²) in [6.45, 7) is 4.55. The van der Waals surface area contributed by atoms with Gasteiger partial charge in [0.15, 0.2) is 0 Å². The van der Waals surface area contributed by atoms with Crippen molar-refractivity contribution in [3.05, 3.63) is 60.2 Å². The molecule has 1 saturated heterocycles. The number of nitrogens with zero attached hydrogens (tertiary/aromatic N) is 2. The summed E-state index contributed by atoms with van der Waals surface area (Å²) in [5, 5.41) is 2.90. The number of hydrogen-bond donors (Lipinski definition) is 1. The molecule has 0 atom stereocenters. The Morgan fingerprint density at radius 1 is 1.10 bits per heavy atom. The van der Waals surface area contributed by atoms with Crippen LogP contribution in [0.4, 0.5) is 5.69 Å². The van der Waals surface area contributed by atoms with E-state index in [1.807, 2.05) is 37.4 Å². The molecule has 0 radical (unpaired) electrons.